The number of carboxylic acids is 1. The van der Waals surface area contributed by atoms with Crippen molar-refractivity contribution in [3.8, 4) is 22.5 Å². The van der Waals surface area contributed by atoms with E-state index in [4.69, 9.17) is 9.63 Å². The highest BCUT2D eigenvalue weighted by Gasteiger charge is 2.22. The fourth-order valence-electron chi connectivity index (χ4n) is 4.07. The molecule has 33 heavy (non-hydrogen) atoms. The van der Waals surface area contributed by atoms with Crippen molar-refractivity contribution in [2.24, 2.45) is 0 Å². The third-order valence-electron chi connectivity index (χ3n) is 5.82. The minimum absolute atomic E-state index is 0.0144. The van der Waals surface area contributed by atoms with E-state index in [1.54, 1.807) is 0 Å². The SMILES string of the molecule is Cc1noc(-c2ccc(-c3ccc(CC(=O)O)cc3)cc2)c1C(O)CCCc1ccccc1. The number of hydrogen-bond donors (Lipinski definition) is 2. The third kappa shape index (κ3) is 5.57. The lowest BCUT2D eigenvalue weighted by molar-refractivity contribution is -0.136. The van der Waals surface area contributed by atoms with Crippen LogP contribution in [0.5, 0.6) is 0 Å². The molecule has 1 unspecified atom stereocenters. The molecular weight excluding hydrogens is 414 g/mol. The van der Waals surface area contributed by atoms with E-state index < -0.39 is 12.1 Å². The second-order valence-corrected chi connectivity index (χ2v) is 8.25. The van der Waals surface area contributed by atoms with E-state index in [0.29, 0.717) is 17.9 Å². The first kappa shape index (κ1) is 22.5. The lowest BCUT2D eigenvalue weighted by Gasteiger charge is -2.12. The molecule has 0 spiro atoms. The van der Waals surface area contributed by atoms with Gasteiger partial charge in [-0.15, -0.1) is 0 Å². The summed E-state index contributed by atoms with van der Waals surface area (Å²) < 4.78 is 5.60. The van der Waals surface area contributed by atoms with Crippen LogP contribution in [-0.4, -0.2) is 21.3 Å². The summed E-state index contributed by atoms with van der Waals surface area (Å²) in [6.07, 6.45) is 1.78. The maximum absolute atomic E-state index is 10.9. The topological polar surface area (TPSA) is 83.6 Å². The maximum Gasteiger partial charge on any atom is 0.307 e. The zero-order valence-corrected chi connectivity index (χ0v) is 18.6. The number of hydrogen-bond acceptors (Lipinski definition) is 4. The number of aromatic nitrogens is 1. The van der Waals surface area contributed by atoms with Crippen LogP contribution in [0.15, 0.2) is 83.4 Å². The van der Waals surface area contributed by atoms with Gasteiger partial charge in [-0.3, -0.25) is 4.79 Å². The standard InChI is InChI=1S/C28H27NO4/c1-19-27(25(30)9-5-8-20-6-3-2-4-7-20)28(33-29-19)24-16-14-23(15-17-24)22-12-10-21(11-13-22)18-26(31)32/h2-4,6-7,10-17,25,30H,5,8-9,18H2,1H3,(H,31,32). The first-order valence-corrected chi connectivity index (χ1v) is 11.1. The highest BCUT2D eigenvalue weighted by molar-refractivity contribution is 5.72. The Morgan fingerprint density at radius 1 is 0.879 bits per heavy atom. The number of aliphatic hydroxyl groups excluding tert-OH is 1. The van der Waals surface area contributed by atoms with Gasteiger partial charge in [0.05, 0.1) is 23.8 Å². The van der Waals surface area contributed by atoms with Gasteiger partial charge in [0.2, 0.25) is 0 Å². The molecule has 0 saturated carbocycles. The van der Waals surface area contributed by atoms with Crippen molar-refractivity contribution in [3.63, 3.8) is 0 Å². The Hall–Kier alpha value is -3.70. The molecule has 0 aliphatic carbocycles. The van der Waals surface area contributed by atoms with E-state index in [0.717, 1.165) is 40.7 Å². The van der Waals surface area contributed by atoms with Gasteiger partial charge < -0.3 is 14.7 Å². The van der Waals surface area contributed by atoms with Crippen LogP contribution in [0.4, 0.5) is 0 Å². The lowest BCUT2D eigenvalue weighted by Crippen LogP contribution is -2.01. The summed E-state index contributed by atoms with van der Waals surface area (Å²) >= 11 is 0. The molecule has 3 aromatic carbocycles. The van der Waals surface area contributed by atoms with Crippen LogP contribution in [0.1, 0.15) is 41.3 Å². The number of aliphatic hydroxyl groups is 1. The quantitative estimate of drug-likeness (QED) is 0.333. The summed E-state index contributed by atoms with van der Waals surface area (Å²) in [4.78, 5) is 10.9. The molecule has 1 aromatic heterocycles. The molecule has 0 aliphatic rings. The van der Waals surface area contributed by atoms with Crippen molar-refractivity contribution in [3.05, 3.63) is 101 Å². The van der Waals surface area contributed by atoms with Crippen molar-refractivity contribution in [1.29, 1.82) is 0 Å². The summed E-state index contributed by atoms with van der Waals surface area (Å²) in [6.45, 7) is 1.86. The molecule has 1 heterocycles. The van der Waals surface area contributed by atoms with Gasteiger partial charge in [0, 0.05) is 5.56 Å². The van der Waals surface area contributed by atoms with Gasteiger partial charge in [-0.1, -0.05) is 84.0 Å². The molecule has 4 aromatic rings. The molecule has 5 nitrogen and oxygen atoms in total. The van der Waals surface area contributed by atoms with E-state index in [-0.39, 0.29) is 6.42 Å². The molecule has 5 heteroatoms. The van der Waals surface area contributed by atoms with Crippen molar-refractivity contribution >= 4 is 5.97 Å². The van der Waals surface area contributed by atoms with Gasteiger partial charge in [0.25, 0.3) is 0 Å². The Labute approximate surface area is 193 Å². The Bertz CT molecular complexity index is 1200. The summed E-state index contributed by atoms with van der Waals surface area (Å²) in [7, 11) is 0. The van der Waals surface area contributed by atoms with Gasteiger partial charge in [-0.2, -0.15) is 0 Å². The largest absolute Gasteiger partial charge is 0.481 e. The number of carboxylic acid groups (broad SMARTS) is 1. The number of nitrogens with zero attached hydrogens (tertiary/aromatic N) is 1. The average molecular weight is 442 g/mol. The first-order chi connectivity index (χ1) is 16.0. The number of carbonyl (C=O) groups is 1. The predicted molar refractivity (Wildman–Crippen MR) is 128 cm³/mol. The van der Waals surface area contributed by atoms with Gasteiger partial charge in [-0.25, -0.2) is 0 Å². The summed E-state index contributed by atoms with van der Waals surface area (Å²) in [5, 5.41) is 23.9. The van der Waals surface area contributed by atoms with Crippen molar-refractivity contribution in [2.45, 2.75) is 38.7 Å². The lowest BCUT2D eigenvalue weighted by atomic mass is 9.96. The van der Waals surface area contributed by atoms with Gasteiger partial charge in [0.1, 0.15) is 0 Å². The monoisotopic (exact) mass is 441 g/mol. The van der Waals surface area contributed by atoms with Crippen LogP contribution >= 0.6 is 0 Å². The zero-order chi connectivity index (χ0) is 23.2. The molecule has 4 rings (SSSR count). The highest BCUT2D eigenvalue weighted by Crippen LogP contribution is 2.34. The smallest absolute Gasteiger partial charge is 0.307 e. The van der Waals surface area contributed by atoms with Crippen LogP contribution in [-0.2, 0) is 17.6 Å². The Kier molecular flexibility index (Phi) is 7.01. The summed E-state index contributed by atoms with van der Waals surface area (Å²) in [5.41, 5.74) is 6.36. The average Bonchev–Trinajstić information content (AvgIpc) is 3.21. The van der Waals surface area contributed by atoms with E-state index in [1.165, 1.54) is 5.56 Å². The molecule has 0 amide bonds. The van der Waals surface area contributed by atoms with Crippen molar-refractivity contribution in [1.82, 2.24) is 5.16 Å². The van der Waals surface area contributed by atoms with Crippen LogP contribution in [0.3, 0.4) is 0 Å². The van der Waals surface area contributed by atoms with Crippen molar-refractivity contribution in [2.75, 3.05) is 0 Å². The second-order valence-electron chi connectivity index (χ2n) is 8.25. The first-order valence-electron chi connectivity index (χ1n) is 11.1. The molecule has 2 N–H and O–H groups in total. The predicted octanol–water partition coefficient (Wildman–Crippen LogP) is 6.00. The minimum Gasteiger partial charge on any atom is -0.481 e. The van der Waals surface area contributed by atoms with Gasteiger partial charge >= 0.3 is 5.97 Å². The maximum atomic E-state index is 10.9. The number of rotatable bonds is 9. The number of aliphatic carboxylic acids is 1. The van der Waals surface area contributed by atoms with Crippen LogP contribution in [0.25, 0.3) is 22.5 Å². The molecular formula is C28H27NO4. The van der Waals surface area contributed by atoms with E-state index in [1.807, 2.05) is 73.7 Å². The molecule has 0 fully saturated rings. The number of benzene rings is 3. The normalized spacial score (nSPS) is 11.9. The second kappa shape index (κ2) is 10.3. The van der Waals surface area contributed by atoms with E-state index >= 15 is 0 Å². The molecule has 1 atom stereocenters. The summed E-state index contributed by atoms with van der Waals surface area (Å²) in [6, 6.07) is 25.7. The zero-order valence-electron chi connectivity index (χ0n) is 18.6. The Morgan fingerprint density at radius 2 is 1.48 bits per heavy atom. The Balaban J connectivity index is 1.46. The van der Waals surface area contributed by atoms with Crippen molar-refractivity contribution < 1.29 is 19.5 Å². The highest BCUT2D eigenvalue weighted by atomic mass is 16.5. The summed E-state index contributed by atoms with van der Waals surface area (Å²) in [5.74, 6) is -0.240. The van der Waals surface area contributed by atoms with Crippen LogP contribution in [0, 0.1) is 6.92 Å². The molecule has 0 saturated heterocycles. The van der Waals surface area contributed by atoms with Gasteiger partial charge in [0.15, 0.2) is 5.76 Å². The van der Waals surface area contributed by atoms with E-state index in [2.05, 4.69) is 17.3 Å². The van der Waals surface area contributed by atoms with Crippen LogP contribution in [0.2, 0.25) is 0 Å². The fraction of sp³-hybridized carbons (Fsp3) is 0.214. The number of aryl methyl sites for hydroxylation is 2. The van der Waals surface area contributed by atoms with Gasteiger partial charge in [-0.05, 0) is 48.4 Å². The molecule has 168 valence electrons. The van der Waals surface area contributed by atoms with E-state index in [9.17, 15) is 9.90 Å². The third-order valence-corrected chi connectivity index (χ3v) is 5.82. The molecule has 0 radical (unpaired) electrons. The van der Waals surface area contributed by atoms with Crippen LogP contribution < -0.4 is 0 Å². The molecule has 0 bridgehead atoms. The Morgan fingerprint density at radius 3 is 2.12 bits per heavy atom. The fourth-order valence-corrected chi connectivity index (χ4v) is 4.07. The molecule has 0 aliphatic heterocycles. The minimum atomic E-state index is -0.840.